The summed E-state index contributed by atoms with van der Waals surface area (Å²) in [4.78, 5) is 13.8. The van der Waals surface area contributed by atoms with Crippen LogP contribution in [0.15, 0.2) is 36.4 Å². The van der Waals surface area contributed by atoms with Gasteiger partial charge in [-0.15, -0.1) is 33.4 Å². The first-order valence-corrected chi connectivity index (χ1v) is 9.07. The maximum atomic E-state index is 12.3. The summed E-state index contributed by atoms with van der Waals surface area (Å²) in [5.41, 5.74) is 2.01. The minimum atomic E-state index is -0.562. The molecule has 1 aliphatic rings. The van der Waals surface area contributed by atoms with Crippen LogP contribution in [0.1, 0.15) is 28.1 Å². The average Bonchev–Trinajstić information content (AvgIpc) is 3.10. The lowest BCUT2D eigenvalue weighted by Gasteiger charge is -2.17. The zero-order chi connectivity index (χ0) is 18.5. The number of nitrogens with one attached hydrogen (secondary N) is 1. The summed E-state index contributed by atoms with van der Waals surface area (Å²) in [6, 6.07) is 12.8. The minimum absolute atomic E-state index is 0.0243. The highest BCUT2D eigenvalue weighted by atomic mass is 35.5. The lowest BCUT2D eigenvalue weighted by atomic mass is 10.1. The van der Waals surface area contributed by atoms with Gasteiger partial charge in [0, 0.05) is 19.1 Å². The van der Waals surface area contributed by atoms with E-state index in [9.17, 15) is 4.79 Å². The van der Waals surface area contributed by atoms with Crippen LogP contribution < -0.4 is 10.2 Å². The molecule has 2 heterocycles. The molecule has 1 aliphatic heterocycles. The molecule has 1 saturated heterocycles. The second kappa shape index (κ2) is 8.35. The third kappa shape index (κ3) is 4.63. The van der Waals surface area contributed by atoms with Gasteiger partial charge in [-0.3, -0.25) is 4.79 Å². The van der Waals surface area contributed by atoms with E-state index in [2.05, 4.69) is 20.4 Å². The van der Waals surface area contributed by atoms with Gasteiger partial charge in [-0.05, 0) is 29.7 Å². The molecule has 0 radical (unpaired) electrons. The molecule has 0 spiro atoms. The number of amides is 1. The Hall–Kier alpha value is -2.36. The molecule has 8 heteroatoms. The van der Waals surface area contributed by atoms with Crippen LogP contribution in [0.25, 0.3) is 0 Å². The molecule has 3 rings (SSSR count). The van der Waals surface area contributed by atoms with Crippen LogP contribution >= 0.6 is 23.2 Å². The molecule has 1 N–H and O–H groups in total. The molecule has 1 amide bonds. The van der Waals surface area contributed by atoms with E-state index in [1.165, 1.54) is 0 Å². The van der Waals surface area contributed by atoms with E-state index in [0.717, 1.165) is 24.1 Å². The van der Waals surface area contributed by atoms with Crippen molar-refractivity contribution < 1.29 is 4.79 Å². The van der Waals surface area contributed by atoms with Gasteiger partial charge >= 0.3 is 0 Å². The molecule has 6 nitrogen and oxygen atoms in total. The third-order valence-electron chi connectivity index (χ3n) is 4.24. The van der Waals surface area contributed by atoms with Crippen LogP contribution in [-0.2, 0) is 11.2 Å². The van der Waals surface area contributed by atoms with Crippen LogP contribution in [0.3, 0.4) is 0 Å². The van der Waals surface area contributed by atoms with Crippen LogP contribution in [0.2, 0.25) is 0 Å². The van der Waals surface area contributed by atoms with Crippen LogP contribution in [-0.4, -0.2) is 35.2 Å². The number of nitrogens with zero attached hydrogens (tertiary/aromatic N) is 4. The van der Waals surface area contributed by atoms with Gasteiger partial charge in [-0.1, -0.05) is 24.3 Å². The van der Waals surface area contributed by atoms with E-state index in [1.54, 1.807) is 12.1 Å². The Labute approximate surface area is 161 Å². The summed E-state index contributed by atoms with van der Waals surface area (Å²) >= 11 is 11.6. The highest BCUT2D eigenvalue weighted by Gasteiger charge is 2.25. The van der Waals surface area contributed by atoms with Gasteiger partial charge < -0.3 is 10.2 Å². The van der Waals surface area contributed by atoms with Crippen LogP contribution in [0, 0.1) is 11.3 Å². The molecule has 1 aromatic carbocycles. The average molecular weight is 390 g/mol. The molecule has 1 fully saturated rings. The Kier molecular flexibility index (Phi) is 5.92. The van der Waals surface area contributed by atoms with Crippen LogP contribution in [0.5, 0.6) is 0 Å². The van der Waals surface area contributed by atoms with Crippen molar-refractivity contribution in [3.8, 4) is 6.07 Å². The fourth-order valence-electron chi connectivity index (χ4n) is 2.88. The van der Waals surface area contributed by atoms with E-state index in [-0.39, 0.29) is 11.9 Å². The van der Waals surface area contributed by atoms with Gasteiger partial charge in [0.1, 0.15) is 10.9 Å². The number of anilines is 1. The first-order valence-electron chi connectivity index (χ1n) is 8.20. The number of carbonyl (C=O) groups is 1. The molecule has 0 bridgehead atoms. The Morgan fingerprint density at radius 2 is 2.04 bits per heavy atom. The molecule has 26 heavy (non-hydrogen) atoms. The van der Waals surface area contributed by atoms with Gasteiger partial charge in [0.25, 0.3) is 0 Å². The molecule has 1 aromatic heterocycles. The van der Waals surface area contributed by atoms with E-state index in [0.29, 0.717) is 24.5 Å². The summed E-state index contributed by atoms with van der Waals surface area (Å²) in [6.07, 6.45) is 1.15. The summed E-state index contributed by atoms with van der Waals surface area (Å²) in [5, 5.41) is 19.7. The first kappa shape index (κ1) is 18.4. The fourth-order valence-corrected chi connectivity index (χ4v) is 3.18. The van der Waals surface area contributed by atoms with Crippen molar-refractivity contribution >= 4 is 34.9 Å². The number of aromatic nitrogens is 2. The highest BCUT2D eigenvalue weighted by Crippen LogP contribution is 2.24. The summed E-state index contributed by atoms with van der Waals surface area (Å²) in [5.74, 6) is 0.692. The van der Waals surface area contributed by atoms with Crippen molar-refractivity contribution in [1.29, 1.82) is 5.26 Å². The smallest absolute Gasteiger partial charge is 0.224 e. The fraction of sp³-hybridized carbons (Fsp3) is 0.333. The van der Waals surface area contributed by atoms with Gasteiger partial charge in [0.2, 0.25) is 5.91 Å². The predicted octanol–water partition coefficient (Wildman–Crippen LogP) is 2.76. The molecule has 1 unspecified atom stereocenters. The first-order chi connectivity index (χ1) is 12.5. The molecule has 2 aromatic rings. The van der Waals surface area contributed by atoms with Crippen molar-refractivity contribution in [3.05, 3.63) is 53.2 Å². The van der Waals surface area contributed by atoms with Gasteiger partial charge in [-0.2, -0.15) is 5.26 Å². The number of halogens is 2. The predicted molar refractivity (Wildman–Crippen MR) is 100 cm³/mol. The molecular formula is C18H17Cl2N5O. The normalized spacial score (nSPS) is 16.5. The Morgan fingerprint density at radius 1 is 1.27 bits per heavy atom. The number of hydrogen-bond acceptors (Lipinski definition) is 5. The van der Waals surface area contributed by atoms with E-state index >= 15 is 0 Å². The minimum Gasteiger partial charge on any atom is -0.353 e. The van der Waals surface area contributed by atoms with Crippen molar-refractivity contribution in [2.75, 3.05) is 18.0 Å². The zero-order valence-corrected chi connectivity index (χ0v) is 15.4. The number of hydrogen-bond donors (Lipinski definition) is 1. The quantitative estimate of drug-likeness (QED) is 0.794. The Balaban J connectivity index is 1.51. The van der Waals surface area contributed by atoms with E-state index in [1.807, 2.05) is 30.3 Å². The highest BCUT2D eigenvalue weighted by molar-refractivity contribution is 6.44. The maximum absolute atomic E-state index is 12.3. The topological polar surface area (TPSA) is 81.9 Å². The lowest BCUT2D eigenvalue weighted by Crippen LogP contribution is -2.38. The van der Waals surface area contributed by atoms with Crippen molar-refractivity contribution in [1.82, 2.24) is 15.5 Å². The SMILES string of the molecule is N#Cc1ccc(N2CCC(NC(=O)Cc3ccc(C(Cl)Cl)cc3)C2)nn1. The van der Waals surface area contributed by atoms with Crippen molar-refractivity contribution in [3.63, 3.8) is 0 Å². The van der Waals surface area contributed by atoms with E-state index in [4.69, 9.17) is 28.5 Å². The van der Waals surface area contributed by atoms with Crippen molar-refractivity contribution in [2.45, 2.75) is 23.7 Å². The number of nitriles is 1. The second-order valence-electron chi connectivity index (χ2n) is 6.11. The monoisotopic (exact) mass is 389 g/mol. The molecule has 0 saturated carbocycles. The summed E-state index contributed by atoms with van der Waals surface area (Å²) in [7, 11) is 0. The molecular weight excluding hydrogens is 373 g/mol. The Morgan fingerprint density at radius 3 is 2.65 bits per heavy atom. The summed E-state index contributed by atoms with van der Waals surface area (Å²) < 4.78 is 0. The molecule has 0 aliphatic carbocycles. The third-order valence-corrected chi connectivity index (χ3v) is 4.74. The maximum Gasteiger partial charge on any atom is 0.224 e. The number of rotatable bonds is 5. The lowest BCUT2D eigenvalue weighted by molar-refractivity contribution is -0.121. The van der Waals surface area contributed by atoms with E-state index < -0.39 is 4.84 Å². The second-order valence-corrected chi connectivity index (χ2v) is 7.20. The largest absolute Gasteiger partial charge is 0.353 e. The number of carbonyl (C=O) groups excluding carboxylic acids is 1. The molecule has 1 atom stereocenters. The summed E-state index contributed by atoms with van der Waals surface area (Å²) in [6.45, 7) is 1.46. The zero-order valence-electron chi connectivity index (χ0n) is 13.9. The number of benzene rings is 1. The van der Waals surface area contributed by atoms with Gasteiger partial charge in [0.15, 0.2) is 11.5 Å². The molecule has 134 valence electrons. The Bertz CT molecular complexity index is 802. The van der Waals surface area contributed by atoms with Crippen molar-refractivity contribution in [2.24, 2.45) is 0 Å². The van der Waals surface area contributed by atoms with Gasteiger partial charge in [0.05, 0.1) is 6.42 Å². The van der Waals surface area contributed by atoms with Crippen LogP contribution in [0.4, 0.5) is 5.82 Å². The standard InChI is InChI=1S/C18H17Cl2N5O/c19-18(20)13-3-1-12(2-4-13)9-17(26)22-15-7-8-25(11-15)16-6-5-14(10-21)23-24-16/h1-6,15,18H,7-9,11H2,(H,22,26). The van der Waals surface area contributed by atoms with Gasteiger partial charge in [-0.25, -0.2) is 0 Å². The number of alkyl halides is 2.